The molecule has 0 spiro atoms. The smallest absolute Gasteiger partial charge is 0.284 e. The molecular formula is C16H13N3O5. The first-order valence-electron chi connectivity index (χ1n) is 6.95. The van der Waals surface area contributed by atoms with Gasteiger partial charge in [0, 0.05) is 6.07 Å². The summed E-state index contributed by atoms with van der Waals surface area (Å²) in [7, 11) is 2.79. The van der Waals surface area contributed by atoms with Gasteiger partial charge in [-0.1, -0.05) is 12.1 Å². The third-order valence-electron chi connectivity index (χ3n) is 3.57. The summed E-state index contributed by atoms with van der Waals surface area (Å²) in [6.07, 6.45) is 0. The largest absolute Gasteiger partial charge is 0.493 e. The van der Waals surface area contributed by atoms with Crippen LogP contribution < -0.4 is 15.0 Å². The number of ether oxygens (including phenoxy) is 2. The van der Waals surface area contributed by atoms with Gasteiger partial charge in [-0.15, -0.1) is 0 Å². The number of aromatic nitrogens is 2. The van der Waals surface area contributed by atoms with Crippen molar-refractivity contribution in [1.82, 2.24) is 9.97 Å². The molecule has 0 bridgehead atoms. The van der Waals surface area contributed by atoms with Crippen molar-refractivity contribution in [2.75, 3.05) is 14.2 Å². The predicted octanol–water partition coefficient (Wildman–Crippen LogP) is 2.52. The number of hydrogen-bond acceptors (Lipinski definition) is 6. The lowest BCUT2D eigenvalue weighted by atomic mass is 10.1. The number of nitro groups is 1. The monoisotopic (exact) mass is 327 g/mol. The second kappa shape index (κ2) is 5.99. The Morgan fingerprint density at radius 2 is 1.88 bits per heavy atom. The molecule has 1 heterocycles. The molecular weight excluding hydrogens is 314 g/mol. The molecule has 3 rings (SSSR count). The summed E-state index contributed by atoms with van der Waals surface area (Å²) in [4.78, 5) is 30.0. The summed E-state index contributed by atoms with van der Waals surface area (Å²) in [5.74, 6) is 0.472. The maximum atomic E-state index is 12.3. The second-order valence-electron chi connectivity index (χ2n) is 4.88. The Morgan fingerprint density at radius 3 is 2.54 bits per heavy atom. The van der Waals surface area contributed by atoms with Crippen molar-refractivity contribution in [1.29, 1.82) is 0 Å². The van der Waals surface area contributed by atoms with E-state index >= 15 is 0 Å². The Hall–Kier alpha value is -3.42. The van der Waals surface area contributed by atoms with Gasteiger partial charge in [0.05, 0.1) is 30.0 Å². The van der Waals surface area contributed by atoms with Crippen LogP contribution in [0.1, 0.15) is 0 Å². The van der Waals surface area contributed by atoms with E-state index in [1.54, 1.807) is 24.3 Å². The summed E-state index contributed by atoms with van der Waals surface area (Å²) in [6, 6.07) is 9.45. The third-order valence-corrected chi connectivity index (χ3v) is 3.57. The van der Waals surface area contributed by atoms with Crippen molar-refractivity contribution in [2.24, 2.45) is 0 Å². The highest BCUT2D eigenvalue weighted by molar-refractivity contribution is 5.83. The van der Waals surface area contributed by atoms with Crippen molar-refractivity contribution in [3.63, 3.8) is 0 Å². The Morgan fingerprint density at radius 1 is 1.12 bits per heavy atom. The number of benzene rings is 2. The van der Waals surface area contributed by atoms with Crippen molar-refractivity contribution < 1.29 is 14.4 Å². The summed E-state index contributed by atoms with van der Waals surface area (Å²) >= 11 is 0. The minimum absolute atomic E-state index is 0.0427. The molecule has 0 saturated heterocycles. The average Bonchev–Trinajstić information content (AvgIpc) is 2.60. The molecule has 0 radical (unpaired) electrons. The number of H-pyrrole nitrogens is 1. The van der Waals surface area contributed by atoms with E-state index in [1.165, 1.54) is 26.4 Å². The zero-order valence-corrected chi connectivity index (χ0v) is 12.9. The van der Waals surface area contributed by atoms with Gasteiger partial charge >= 0.3 is 0 Å². The first-order valence-corrected chi connectivity index (χ1v) is 6.95. The molecule has 8 nitrogen and oxygen atoms in total. The maximum Gasteiger partial charge on any atom is 0.284 e. The molecule has 24 heavy (non-hydrogen) atoms. The Bertz CT molecular complexity index is 997. The van der Waals surface area contributed by atoms with Crippen LogP contribution in [0.15, 0.2) is 41.2 Å². The standard InChI is InChI=1S/C16H13N3O5/c1-23-12-8-7-11(19(21)22)13(14(12)24-2)15-17-10-6-4-3-5-9(10)16(20)18-15/h3-8H,1-2H3,(H,17,18,20). The van der Waals surface area contributed by atoms with Gasteiger partial charge in [0.1, 0.15) is 5.56 Å². The van der Waals surface area contributed by atoms with E-state index in [4.69, 9.17) is 9.47 Å². The van der Waals surface area contributed by atoms with E-state index in [0.717, 1.165) is 0 Å². The number of nitrogens with one attached hydrogen (secondary N) is 1. The number of aromatic amines is 1. The van der Waals surface area contributed by atoms with Crippen LogP contribution in [0.3, 0.4) is 0 Å². The number of fused-ring (bicyclic) bond motifs is 1. The number of methoxy groups -OCH3 is 2. The number of para-hydroxylation sites is 1. The summed E-state index contributed by atoms with van der Waals surface area (Å²) in [5, 5.41) is 11.8. The molecule has 0 amide bonds. The molecule has 0 saturated carbocycles. The molecule has 122 valence electrons. The van der Waals surface area contributed by atoms with Gasteiger partial charge in [-0.05, 0) is 18.2 Å². The average molecular weight is 327 g/mol. The summed E-state index contributed by atoms with van der Waals surface area (Å²) in [5.41, 5.74) is -0.152. The minimum Gasteiger partial charge on any atom is -0.493 e. The van der Waals surface area contributed by atoms with E-state index in [0.29, 0.717) is 16.7 Å². The minimum atomic E-state index is -0.563. The van der Waals surface area contributed by atoms with Crippen molar-refractivity contribution in [3.8, 4) is 22.9 Å². The van der Waals surface area contributed by atoms with Crippen LogP contribution in [-0.2, 0) is 0 Å². The highest BCUT2D eigenvalue weighted by atomic mass is 16.6. The van der Waals surface area contributed by atoms with E-state index in [1.807, 2.05) is 0 Å². The Kier molecular flexibility index (Phi) is 3.87. The van der Waals surface area contributed by atoms with Gasteiger partial charge in [0.15, 0.2) is 17.3 Å². The number of hydrogen-bond donors (Lipinski definition) is 1. The summed E-state index contributed by atoms with van der Waals surface area (Å²) in [6.45, 7) is 0. The van der Waals surface area contributed by atoms with E-state index in [-0.39, 0.29) is 22.8 Å². The highest BCUT2D eigenvalue weighted by Gasteiger charge is 2.26. The molecule has 0 fully saturated rings. The number of rotatable bonds is 4. The van der Waals surface area contributed by atoms with E-state index in [2.05, 4.69) is 9.97 Å². The van der Waals surface area contributed by atoms with Crippen LogP contribution in [0.5, 0.6) is 11.5 Å². The van der Waals surface area contributed by atoms with Crippen molar-refractivity contribution in [3.05, 3.63) is 56.9 Å². The van der Waals surface area contributed by atoms with Crippen molar-refractivity contribution >= 4 is 16.6 Å². The van der Waals surface area contributed by atoms with Crippen LogP contribution in [0, 0.1) is 10.1 Å². The predicted molar refractivity (Wildman–Crippen MR) is 87.6 cm³/mol. The lowest BCUT2D eigenvalue weighted by molar-refractivity contribution is -0.384. The first kappa shape index (κ1) is 15.5. The van der Waals surface area contributed by atoms with Gasteiger partial charge < -0.3 is 14.5 Å². The van der Waals surface area contributed by atoms with Gasteiger partial charge in [-0.3, -0.25) is 14.9 Å². The fraction of sp³-hybridized carbons (Fsp3) is 0.125. The quantitative estimate of drug-likeness (QED) is 0.583. The van der Waals surface area contributed by atoms with Gasteiger partial charge in [0.2, 0.25) is 0 Å². The molecule has 1 aromatic heterocycles. The molecule has 0 unspecified atom stereocenters. The van der Waals surface area contributed by atoms with Crippen molar-refractivity contribution in [2.45, 2.75) is 0 Å². The third kappa shape index (κ3) is 2.43. The van der Waals surface area contributed by atoms with E-state index < -0.39 is 10.5 Å². The van der Waals surface area contributed by atoms with Crippen LogP contribution in [-0.4, -0.2) is 29.1 Å². The lowest BCUT2D eigenvalue weighted by Crippen LogP contribution is -2.11. The molecule has 0 aliphatic heterocycles. The van der Waals surface area contributed by atoms with Crippen LogP contribution in [0.2, 0.25) is 0 Å². The SMILES string of the molecule is COc1ccc([N+](=O)[O-])c(-c2nc3ccccc3c(=O)[nH]2)c1OC. The molecule has 2 aromatic carbocycles. The van der Waals surface area contributed by atoms with Gasteiger partial charge in [0.25, 0.3) is 11.2 Å². The fourth-order valence-corrected chi connectivity index (χ4v) is 2.50. The Balaban J connectivity index is 2.40. The zero-order valence-electron chi connectivity index (χ0n) is 12.9. The molecule has 3 aromatic rings. The highest BCUT2D eigenvalue weighted by Crippen LogP contribution is 2.42. The fourth-order valence-electron chi connectivity index (χ4n) is 2.50. The Labute approximate surface area is 135 Å². The lowest BCUT2D eigenvalue weighted by Gasteiger charge is -2.12. The first-order chi connectivity index (χ1) is 11.6. The normalized spacial score (nSPS) is 10.6. The van der Waals surface area contributed by atoms with Crippen LogP contribution in [0.4, 0.5) is 5.69 Å². The number of nitro benzene ring substituents is 1. The second-order valence-corrected chi connectivity index (χ2v) is 4.88. The maximum absolute atomic E-state index is 12.3. The van der Waals surface area contributed by atoms with E-state index in [9.17, 15) is 14.9 Å². The molecule has 0 atom stereocenters. The van der Waals surface area contributed by atoms with Gasteiger partial charge in [-0.25, -0.2) is 4.98 Å². The topological polar surface area (TPSA) is 107 Å². The van der Waals surface area contributed by atoms with Crippen LogP contribution >= 0.6 is 0 Å². The molecule has 0 aliphatic rings. The molecule has 8 heteroatoms. The summed E-state index contributed by atoms with van der Waals surface area (Å²) < 4.78 is 10.5. The molecule has 1 N–H and O–H groups in total. The number of nitrogens with zero attached hydrogens (tertiary/aromatic N) is 2. The van der Waals surface area contributed by atoms with Gasteiger partial charge in [-0.2, -0.15) is 0 Å². The zero-order chi connectivity index (χ0) is 17.3. The van der Waals surface area contributed by atoms with Crippen LogP contribution in [0.25, 0.3) is 22.3 Å². The molecule has 0 aliphatic carbocycles.